The molecule has 2 aromatic heterocycles. The summed E-state index contributed by atoms with van der Waals surface area (Å²) in [4.78, 5) is 43.3. The van der Waals surface area contributed by atoms with Gasteiger partial charge >= 0.3 is 5.97 Å². The number of hydrogen-bond donors (Lipinski definition) is 1. The van der Waals surface area contributed by atoms with Gasteiger partial charge in [0, 0.05) is 49.7 Å². The van der Waals surface area contributed by atoms with Gasteiger partial charge in [-0.2, -0.15) is 0 Å². The molecule has 10 heteroatoms. The Morgan fingerprint density at radius 2 is 1.78 bits per heavy atom. The second-order valence-corrected chi connectivity index (χ2v) is 14.0. The minimum absolute atomic E-state index is 0.00701. The first kappa shape index (κ1) is 33.2. The number of carbonyl (C=O) groups excluding carboxylic acids is 1. The fraction of sp³-hybridized carbons (Fsp3) is 0.528. The summed E-state index contributed by atoms with van der Waals surface area (Å²) in [6.07, 6.45) is 5.79. The molecule has 0 radical (unpaired) electrons. The van der Waals surface area contributed by atoms with Gasteiger partial charge in [0.15, 0.2) is 0 Å². The molecule has 246 valence electrons. The summed E-state index contributed by atoms with van der Waals surface area (Å²) < 4.78 is 11.7. The minimum Gasteiger partial charge on any atom is -0.497 e. The Morgan fingerprint density at radius 1 is 1.04 bits per heavy atom. The summed E-state index contributed by atoms with van der Waals surface area (Å²) in [5.41, 5.74) is 3.12. The van der Waals surface area contributed by atoms with Crippen LogP contribution in [0.2, 0.25) is 0 Å². The molecular formula is C36H47N5O5. The Morgan fingerprint density at radius 3 is 2.41 bits per heavy atom. The van der Waals surface area contributed by atoms with Crippen molar-refractivity contribution in [1.29, 1.82) is 0 Å². The van der Waals surface area contributed by atoms with Crippen LogP contribution in [0.25, 0.3) is 0 Å². The summed E-state index contributed by atoms with van der Waals surface area (Å²) >= 11 is 0. The highest BCUT2D eigenvalue weighted by atomic mass is 16.5. The largest absolute Gasteiger partial charge is 0.497 e. The minimum atomic E-state index is -0.773. The van der Waals surface area contributed by atoms with E-state index in [4.69, 9.17) is 9.47 Å². The van der Waals surface area contributed by atoms with E-state index in [1.54, 1.807) is 18.2 Å². The number of aliphatic carboxylic acids is 1. The Balaban J connectivity index is 1.29. The summed E-state index contributed by atoms with van der Waals surface area (Å²) in [6.45, 7) is 12.7. The van der Waals surface area contributed by atoms with E-state index in [-0.39, 0.29) is 23.7 Å². The molecule has 0 bridgehead atoms. The third-order valence-corrected chi connectivity index (χ3v) is 8.74. The average Bonchev–Trinajstić information content (AvgIpc) is 3.86. The summed E-state index contributed by atoms with van der Waals surface area (Å²) in [7, 11) is 1.64. The zero-order chi connectivity index (χ0) is 33.0. The van der Waals surface area contributed by atoms with Crippen LogP contribution in [-0.4, -0.2) is 65.3 Å². The number of hydrogen-bond acceptors (Lipinski definition) is 8. The van der Waals surface area contributed by atoms with Crippen molar-refractivity contribution in [3.63, 3.8) is 0 Å². The maximum absolute atomic E-state index is 14.4. The standard InChI is InChI=1S/C36H47N5O5/c1-23-17-32(39-24(2)38-23)41(22-36(3,4)5)35(44)29-10-9-28(45-6)19-31(29)40-15-12-25(13-16-40)21-46-33-18-27(11-14-37-33)30(20-34(42)43)26-7-8-26/h9-11,14,17-19,25-26,30H,7-8,12-13,15-16,20-22H2,1-6H3,(H,42,43). The normalized spacial score (nSPS) is 16.2. The molecule has 1 unspecified atom stereocenters. The number of aromatic nitrogens is 3. The maximum Gasteiger partial charge on any atom is 0.303 e. The molecule has 1 aliphatic heterocycles. The smallest absolute Gasteiger partial charge is 0.303 e. The van der Waals surface area contributed by atoms with Gasteiger partial charge in [-0.25, -0.2) is 15.0 Å². The van der Waals surface area contributed by atoms with E-state index in [2.05, 4.69) is 40.6 Å². The Labute approximate surface area is 272 Å². The number of anilines is 2. The number of aryl methyl sites for hydroxylation is 2. The van der Waals surface area contributed by atoms with Crippen molar-refractivity contribution < 1.29 is 24.2 Å². The third-order valence-electron chi connectivity index (χ3n) is 8.74. The van der Waals surface area contributed by atoms with E-state index in [1.807, 2.05) is 50.2 Å². The van der Waals surface area contributed by atoms with E-state index >= 15 is 0 Å². The molecule has 0 spiro atoms. The molecule has 3 heterocycles. The van der Waals surface area contributed by atoms with Crippen LogP contribution in [-0.2, 0) is 4.79 Å². The average molecular weight is 630 g/mol. The van der Waals surface area contributed by atoms with Crippen molar-refractivity contribution in [3.8, 4) is 11.6 Å². The first-order chi connectivity index (χ1) is 21.9. The van der Waals surface area contributed by atoms with Gasteiger partial charge in [-0.05, 0) is 86.5 Å². The predicted molar refractivity (Wildman–Crippen MR) is 178 cm³/mol. The lowest BCUT2D eigenvalue weighted by Gasteiger charge is -2.36. The molecule has 1 atom stereocenters. The maximum atomic E-state index is 14.4. The van der Waals surface area contributed by atoms with Crippen molar-refractivity contribution in [1.82, 2.24) is 15.0 Å². The molecular weight excluding hydrogens is 582 g/mol. The van der Waals surface area contributed by atoms with Gasteiger partial charge in [-0.15, -0.1) is 0 Å². The fourth-order valence-electron chi connectivity index (χ4n) is 6.31. The van der Waals surface area contributed by atoms with E-state index in [1.165, 1.54) is 0 Å². The fourth-order valence-corrected chi connectivity index (χ4v) is 6.31. The van der Waals surface area contributed by atoms with Crippen molar-refractivity contribution in [2.24, 2.45) is 17.3 Å². The van der Waals surface area contributed by atoms with Crippen LogP contribution in [0.5, 0.6) is 11.6 Å². The van der Waals surface area contributed by atoms with Crippen molar-refractivity contribution in [2.75, 3.05) is 43.2 Å². The highest BCUT2D eigenvalue weighted by Crippen LogP contribution is 2.45. The van der Waals surface area contributed by atoms with Crippen LogP contribution in [0.15, 0.2) is 42.6 Å². The Bertz CT molecular complexity index is 1520. The first-order valence-electron chi connectivity index (χ1n) is 16.3. The second-order valence-electron chi connectivity index (χ2n) is 14.0. The highest BCUT2D eigenvalue weighted by molar-refractivity contribution is 6.09. The summed E-state index contributed by atoms with van der Waals surface area (Å²) in [6, 6.07) is 11.4. The second kappa shape index (κ2) is 14.1. The van der Waals surface area contributed by atoms with Gasteiger partial charge in [0.05, 0.1) is 31.4 Å². The van der Waals surface area contributed by atoms with Gasteiger partial charge < -0.3 is 19.5 Å². The van der Waals surface area contributed by atoms with Crippen LogP contribution in [0.4, 0.5) is 11.5 Å². The molecule has 1 saturated carbocycles. The number of carbonyl (C=O) groups is 2. The van der Waals surface area contributed by atoms with E-state index in [0.717, 1.165) is 55.7 Å². The van der Waals surface area contributed by atoms with E-state index in [0.29, 0.717) is 53.8 Å². The van der Waals surface area contributed by atoms with Crippen LogP contribution in [0.3, 0.4) is 0 Å². The number of pyridine rings is 1. The number of methoxy groups -OCH3 is 1. The van der Waals surface area contributed by atoms with Crippen LogP contribution < -0.4 is 19.3 Å². The third kappa shape index (κ3) is 8.53. The van der Waals surface area contributed by atoms with Crippen molar-refractivity contribution in [3.05, 3.63) is 65.2 Å². The van der Waals surface area contributed by atoms with Crippen molar-refractivity contribution >= 4 is 23.4 Å². The summed E-state index contributed by atoms with van der Waals surface area (Å²) in [5.74, 6) is 2.37. The van der Waals surface area contributed by atoms with Gasteiger partial charge in [0.2, 0.25) is 5.88 Å². The van der Waals surface area contributed by atoms with Gasteiger partial charge in [0.1, 0.15) is 17.4 Å². The molecule has 3 aromatic rings. The predicted octanol–water partition coefficient (Wildman–Crippen LogP) is 6.45. The van der Waals surface area contributed by atoms with Gasteiger partial charge in [-0.3, -0.25) is 14.5 Å². The lowest BCUT2D eigenvalue weighted by atomic mass is 9.92. The number of carboxylic acids is 1. The number of amides is 1. The lowest BCUT2D eigenvalue weighted by molar-refractivity contribution is -0.137. The lowest BCUT2D eigenvalue weighted by Crippen LogP contribution is -2.41. The molecule has 1 N–H and O–H groups in total. The SMILES string of the molecule is COc1ccc(C(=O)N(CC(C)(C)C)c2cc(C)nc(C)n2)c(N2CCC(COc3cc(C(CC(=O)O)C4CC4)ccn3)CC2)c1. The topological polar surface area (TPSA) is 118 Å². The van der Waals surface area contributed by atoms with Crippen LogP contribution >= 0.6 is 0 Å². The molecule has 1 amide bonds. The number of rotatable bonds is 12. The zero-order valence-corrected chi connectivity index (χ0v) is 28.0. The van der Waals surface area contributed by atoms with E-state index < -0.39 is 5.97 Å². The Kier molecular flexibility index (Phi) is 10.1. The molecule has 1 saturated heterocycles. The number of ether oxygens (including phenoxy) is 2. The molecule has 10 nitrogen and oxygen atoms in total. The van der Waals surface area contributed by atoms with Gasteiger partial charge in [-0.1, -0.05) is 20.8 Å². The number of piperidine rings is 1. The first-order valence-corrected chi connectivity index (χ1v) is 16.3. The molecule has 1 aliphatic carbocycles. The molecule has 2 fully saturated rings. The molecule has 46 heavy (non-hydrogen) atoms. The number of nitrogens with zero attached hydrogens (tertiary/aromatic N) is 5. The zero-order valence-electron chi connectivity index (χ0n) is 28.0. The van der Waals surface area contributed by atoms with Crippen LogP contribution in [0, 0.1) is 31.1 Å². The number of carboxylic acid groups (broad SMARTS) is 1. The molecule has 1 aromatic carbocycles. The molecule has 5 rings (SSSR count). The summed E-state index contributed by atoms with van der Waals surface area (Å²) in [5, 5.41) is 9.41. The van der Waals surface area contributed by atoms with E-state index in [9.17, 15) is 14.7 Å². The van der Waals surface area contributed by atoms with Crippen molar-refractivity contribution in [2.45, 2.75) is 72.6 Å². The van der Waals surface area contributed by atoms with Gasteiger partial charge in [0.25, 0.3) is 5.91 Å². The molecule has 2 aliphatic rings. The number of benzene rings is 1. The van der Waals surface area contributed by atoms with Crippen LogP contribution in [0.1, 0.15) is 86.2 Å². The monoisotopic (exact) mass is 629 g/mol. The quantitative estimate of drug-likeness (QED) is 0.241. The Hall–Kier alpha value is -4.21. The highest BCUT2D eigenvalue weighted by Gasteiger charge is 2.34.